The zero-order chi connectivity index (χ0) is 19.7. The zero-order valence-corrected chi connectivity index (χ0v) is 17.2. The number of carbonyl (C=O) groups excluding carboxylic acids is 1. The number of nitrogens with one attached hydrogen (secondary N) is 2. The van der Waals surface area contributed by atoms with Crippen LogP contribution < -0.4 is 15.4 Å². The van der Waals surface area contributed by atoms with Gasteiger partial charge in [-0.1, -0.05) is 18.2 Å². The first-order valence-corrected chi connectivity index (χ1v) is 9.96. The lowest BCUT2D eigenvalue weighted by molar-refractivity contribution is -0.127. The largest absolute Gasteiger partial charge is 0.488 e. The van der Waals surface area contributed by atoms with E-state index >= 15 is 0 Å². The van der Waals surface area contributed by atoms with Crippen LogP contribution in [-0.2, 0) is 11.3 Å². The summed E-state index contributed by atoms with van der Waals surface area (Å²) in [7, 11) is 0. The minimum absolute atomic E-state index is 0.241. The summed E-state index contributed by atoms with van der Waals surface area (Å²) in [6.07, 6.45) is 2.61. The van der Waals surface area contributed by atoms with Crippen LogP contribution in [0.4, 0.5) is 0 Å². The number of nitrogens with zero attached hydrogens (tertiary/aromatic N) is 2. The van der Waals surface area contributed by atoms with Crippen LogP contribution in [0.2, 0.25) is 0 Å². The molecule has 2 rings (SSSR count). The van der Waals surface area contributed by atoms with Crippen molar-refractivity contribution in [2.75, 3.05) is 26.2 Å². The summed E-state index contributed by atoms with van der Waals surface area (Å²) in [4.78, 5) is 18.3. The average molecular weight is 375 g/mol. The molecule has 0 bridgehead atoms. The molecule has 0 radical (unpaired) electrons. The van der Waals surface area contributed by atoms with Crippen LogP contribution in [0.15, 0.2) is 29.3 Å². The molecular weight excluding hydrogens is 340 g/mol. The summed E-state index contributed by atoms with van der Waals surface area (Å²) in [6.45, 7) is 12.0. The van der Waals surface area contributed by atoms with E-state index < -0.39 is 0 Å². The number of hydrogen-bond acceptors (Lipinski definition) is 3. The van der Waals surface area contributed by atoms with Gasteiger partial charge in [0.25, 0.3) is 0 Å². The lowest BCUT2D eigenvalue weighted by Gasteiger charge is -2.23. The highest BCUT2D eigenvalue weighted by Crippen LogP contribution is 2.23. The minimum Gasteiger partial charge on any atom is -0.488 e. The van der Waals surface area contributed by atoms with E-state index in [1.807, 2.05) is 49.9 Å². The fourth-order valence-electron chi connectivity index (χ4n) is 2.99. The van der Waals surface area contributed by atoms with Crippen molar-refractivity contribution in [2.24, 2.45) is 4.99 Å². The van der Waals surface area contributed by atoms with Gasteiger partial charge in [-0.15, -0.1) is 0 Å². The molecule has 6 nitrogen and oxygen atoms in total. The van der Waals surface area contributed by atoms with E-state index in [2.05, 4.69) is 17.6 Å². The van der Waals surface area contributed by atoms with Gasteiger partial charge in [0.05, 0.1) is 6.54 Å². The van der Waals surface area contributed by atoms with E-state index in [0.29, 0.717) is 13.0 Å². The molecule has 0 spiro atoms. The highest BCUT2D eigenvalue weighted by molar-refractivity contribution is 5.80. The number of hydrogen-bond donors (Lipinski definition) is 2. The number of para-hydroxylation sites is 1. The maximum Gasteiger partial charge on any atom is 0.222 e. The van der Waals surface area contributed by atoms with E-state index in [1.54, 1.807) is 0 Å². The summed E-state index contributed by atoms with van der Waals surface area (Å²) < 4.78 is 6.04. The Morgan fingerprint density at radius 1 is 1.26 bits per heavy atom. The molecule has 0 saturated carbocycles. The number of likely N-dealkylation sites (tertiary alicyclic amines) is 1. The number of rotatable bonds is 8. The fraction of sp³-hybridized carbons (Fsp3) is 0.619. The second-order valence-electron chi connectivity index (χ2n) is 7.78. The van der Waals surface area contributed by atoms with Crippen molar-refractivity contribution < 1.29 is 9.53 Å². The number of benzene rings is 1. The molecule has 0 aromatic heterocycles. The van der Waals surface area contributed by atoms with Crippen molar-refractivity contribution in [1.29, 1.82) is 0 Å². The molecule has 1 aliphatic rings. The summed E-state index contributed by atoms with van der Waals surface area (Å²) in [5, 5.41) is 6.63. The molecule has 27 heavy (non-hydrogen) atoms. The quantitative estimate of drug-likeness (QED) is 0.417. The minimum atomic E-state index is -0.241. The third kappa shape index (κ3) is 7.49. The first kappa shape index (κ1) is 21.1. The molecule has 1 saturated heterocycles. The van der Waals surface area contributed by atoms with Crippen LogP contribution in [0.25, 0.3) is 0 Å². The average Bonchev–Trinajstić information content (AvgIpc) is 3.01. The predicted molar refractivity (Wildman–Crippen MR) is 110 cm³/mol. The molecule has 6 heteroatoms. The number of guanidine groups is 1. The number of ether oxygens (including phenoxy) is 1. The number of amides is 1. The standard InChI is InChI=1S/C21H34N4O2/c1-5-22-20(23-13-9-15-25-14-8-12-19(25)26)24-16-17-10-6-7-11-18(17)27-21(2,3)4/h6-7,10-11H,5,8-9,12-16H2,1-4H3,(H2,22,23,24). The molecule has 2 N–H and O–H groups in total. The topological polar surface area (TPSA) is 66.0 Å². The maximum atomic E-state index is 11.7. The normalized spacial score (nSPS) is 15.2. The van der Waals surface area contributed by atoms with E-state index in [9.17, 15) is 4.79 Å². The molecule has 1 heterocycles. The van der Waals surface area contributed by atoms with Gasteiger partial charge in [0.2, 0.25) is 5.91 Å². The van der Waals surface area contributed by atoms with Crippen LogP contribution in [-0.4, -0.2) is 48.5 Å². The molecule has 0 unspecified atom stereocenters. The van der Waals surface area contributed by atoms with Crippen LogP contribution in [0.1, 0.15) is 52.5 Å². The molecule has 1 fully saturated rings. The van der Waals surface area contributed by atoms with Crippen molar-refractivity contribution in [1.82, 2.24) is 15.5 Å². The lowest BCUT2D eigenvalue weighted by atomic mass is 10.1. The highest BCUT2D eigenvalue weighted by Gasteiger charge is 2.19. The van der Waals surface area contributed by atoms with Gasteiger partial charge in [0.15, 0.2) is 5.96 Å². The lowest BCUT2D eigenvalue weighted by Crippen LogP contribution is -2.39. The Kier molecular flexibility index (Phi) is 7.95. The highest BCUT2D eigenvalue weighted by atomic mass is 16.5. The van der Waals surface area contributed by atoms with Gasteiger partial charge in [0.1, 0.15) is 11.4 Å². The summed E-state index contributed by atoms with van der Waals surface area (Å²) in [6, 6.07) is 8.03. The molecular formula is C21H34N4O2. The molecule has 1 aromatic carbocycles. The van der Waals surface area contributed by atoms with Crippen LogP contribution in [0, 0.1) is 0 Å². The maximum absolute atomic E-state index is 11.7. The van der Waals surface area contributed by atoms with Crippen molar-refractivity contribution >= 4 is 11.9 Å². The Bertz CT molecular complexity index is 637. The van der Waals surface area contributed by atoms with Crippen molar-refractivity contribution in [2.45, 2.75) is 59.1 Å². The van der Waals surface area contributed by atoms with Crippen molar-refractivity contribution in [3.05, 3.63) is 29.8 Å². The van der Waals surface area contributed by atoms with Gasteiger partial charge < -0.3 is 20.3 Å². The van der Waals surface area contributed by atoms with Gasteiger partial charge in [-0.3, -0.25) is 4.79 Å². The molecule has 0 atom stereocenters. The third-order valence-electron chi connectivity index (χ3n) is 4.21. The number of aliphatic imine (C=N–C) groups is 1. The molecule has 1 aromatic rings. The number of carbonyl (C=O) groups is 1. The SMILES string of the molecule is CCNC(=NCc1ccccc1OC(C)(C)C)NCCCN1CCCC1=O. The second-order valence-corrected chi connectivity index (χ2v) is 7.78. The zero-order valence-electron chi connectivity index (χ0n) is 17.2. The Balaban J connectivity index is 1.88. The molecule has 1 aliphatic heterocycles. The first-order valence-electron chi connectivity index (χ1n) is 9.96. The summed E-state index contributed by atoms with van der Waals surface area (Å²) >= 11 is 0. The van der Waals surface area contributed by atoms with Crippen LogP contribution in [0.5, 0.6) is 5.75 Å². The monoisotopic (exact) mass is 374 g/mol. The van der Waals surface area contributed by atoms with E-state index in [-0.39, 0.29) is 11.5 Å². The van der Waals surface area contributed by atoms with E-state index in [1.165, 1.54) is 0 Å². The predicted octanol–water partition coefficient (Wildman–Crippen LogP) is 2.93. The molecule has 1 amide bonds. The summed E-state index contributed by atoms with van der Waals surface area (Å²) in [5.41, 5.74) is 0.822. The van der Waals surface area contributed by atoms with Crippen molar-refractivity contribution in [3.63, 3.8) is 0 Å². The van der Waals surface area contributed by atoms with Gasteiger partial charge in [-0.25, -0.2) is 4.99 Å². The smallest absolute Gasteiger partial charge is 0.222 e. The van der Waals surface area contributed by atoms with Crippen LogP contribution >= 0.6 is 0 Å². The van der Waals surface area contributed by atoms with Crippen LogP contribution in [0.3, 0.4) is 0 Å². The van der Waals surface area contributed by atoms with E-state index in [4.69, 9.17) is 9.73 Å². The van der Waals surface area contributed by atoms with Gasteiger partial charge in [-0.2, -0.15) is 0 Å². The Hall–Kier alpha value is -2.24. The summed E-state index contributed by atoms with van der Waals surface area (Å²) in [5.74, 6) is 1.94. The van der Waals surface area contributed by atoms with Gasteiger partial charge in [0, 0.05) is 38.2 Å². The first-order chi connectivity index (χ1) is 12.9. The third-order valence-corrected chi connectivity index (χ3v) is 4.21. The van der Waals surface area contributed by atoms with Crippen molar-refractivity contribution in [3.8, 4) is 5.75 Å². The molecule has 0 aliphatic carbocycles. The second kappa shape index (κ2) is 10.2. The van der Waals surface area contributed by atoms with E-state index in [0.717, 1.165) is 56.3 Å². The van der Waals surface area contributed by atoms with Gasteiger partial charge in [-0.05, 0) is 46.6 Å². The molecule has 150 valence electrons. The Morgan fingerprint density at radius 2 is 2.04 bits per heavy atom. The fourth-order valence-corrected chi connectivity index (χ4v) is 2.99. The Labute approximate surface area is 163 Å². The Morgan fingerprint density at radius 3 is 2.70 bits per heavy atom. The van der Waals surface area contributed by atoms with Gasteiger partial charge >= 0.3 is 0 Å².